The van der Waals surface area contributed by atoms with Crippen LogP contribution in [-0.4, -0.2) is 4.57 Å². The smallest absolute Gasteiger partial charge is 0.213 e. The van der Waals surface area contributed by atoms with Gasteiger partial charge in [-0.2, -0.15) is 4.57 Å². The van der Waals surface area contributed by atoms with E-state index in [9.17, 15) is 0 Å². The van der Waals surface area contributed by atoms with Crippen LogP contribution in [0.4, 0.5) is 0 Å². The molecule has 0 saturated heterocycles. The number of para-hydroxylation sites is 2. The summed E-state index contributed by atoms with van der Waals surface area (Å²) in [6, 6.07) is 58.3. The zero-order chi connectivity index (χ0) is 33.7. The molecule has 6 aromatic carbocycles. The van der Waals surface area contributed by atoms with Crippen molar-refractivity contribution in [1.82, 2.24) is 4.57 Å². The molecule has 242 valence electrons. The SMILES string of the molecule is CCC1(CC)CCc2ccc(-c3cccc(-c4cc(-c5ccccc5)cc(-n5c6ccccc6c6ccccc65)c4)c3)cc2-c2cccc[n+]21. The van der Waals surface area contributed by atoms with Crippen molar-refractivity contribution in [2.24, 2.45) is 0 Å². The maximum Gasteiger partial charge on any atom is 0.213 e. The van der Waals surface area contributed by atoms with Gasteiger partial charge in [0.1, 0.15) is 0 Å². The van der Waals surface area contributed by atoms with Crippen LogP contribution in [0.1, 0.15) is 38.7 Å². The van der Waals surface area contributed by atoms with Gasteiger partial charge in [-0.1, -0.05) is 111 Å². The summed E-state index contributed by atoms with van der Waals surface area (Å²) < 4.78 is 5.00. The Labute approximate surface area is 294 Å². The van der Waals surface area contributed by atoms with Crippen LogP contribution in [0.5, 0.6) is 0 Å². The van der Waals surface area contributed by atoms with Crippen LogP contribution in [0.2, 0.25) is 0 Å². The van der Waals surface area contributed by atoms with Gasteiger partial charge in [-0.3, -0.25) is 0 Å². The molecule has 0 saturated carbocycles. The van der Waals surface area contributed by atoms with Crippen molar-refractivity contribution in [2.45, 2.75) is 45.1 Å². The number of fused-ring (bicyclic) bond motifs is 6. The normalized spacial score (nSPS) is 13.6. The predicted molar refractivity (Wildman–Crippen MR) is 210 cm³/mol. The lowest BCUT2D eigenvalue weighted by Crippen LogP contribution is -2.56. The minimum Gasteiger partial charge on any atom is -0.309 e. The van der Waals surface area contributed by atoms with Crippen LogP contribution >= 0.6 is 0 Å². The quantitative estimate of drug-likeness (QED) is 0.159. The highest BCUT2D eigenvalue weighted by atomic mass is 15.1. The zero-order valence-electron chi connectivity index (χ0n) is 28.8. The summed E-state index contributed by atoms with van der Waals surface area (Å²) >= 11 is 0. The van der Waals surface area contributed by atoms with Gasteiger partial charge in [0.05, 0.1) is 11.0 Å². The van der Waals surface area contributed by atoms with E-state index in [2.05, 4.69) is 187 Å². The van der Waals surface area contributed by atoms with Crippen molar-refractivity contribution in [1.29, 1.82) is 0 Å². The fourth-order valence-electron chi connectivity index (χ4n) is 8.50. The van der Waals surface area contributed by atoms with Crippen LogP contribution in [0.25, 0.3) is 72.1 Å². The first-order chi connectivity index (χ1) is 24.7. The molecule has 2 heteroatoms. The second-order valence-corrected chi connectivity index (χ2v) is 13.8. The molecular weight excluding hydrogens is 605 g/mol. The topological polar surface area (TPSA) is 8.81 Å². The summed E-state index contributed by atoms with van der Waals surface area (Å²) in [4.78, 5) is 0. The number of benzene rings is 6. The molecule has 50 heavy (non-hydrogen) atoms. The third-order valence-corrected chi connectivity index (χ3v) is 11.3. The number of hydrogen-bond donors (Lipinski definition) is 0. The zero-order valence-corrected chi connectivity index (χ0v) is 28.8. The average molecular weight is 646 g/mol. The summed E-state index contributed by atoms with van der Waals surface area (Å²) in [5.41, 5.74) is 15.2. The molecule has 0 spiro atoms. The van der Waals surface area contributed by atoms with E-state index in [0.717, 1.165) is 31.4 Å². The lowest BCUT2D eigenvalue weighted by Gasteiger charge is -2.26. The maximum absolute atomic E-state index is 2.57. The first-order valence-corrected chi connectivity index (χ1v) is 18.1. The van der Waals surface area contributed by atoms with Gasteiger partial charge < -0.3 is 4.57 Å². The van der Waals surface area contributed by atoms with Crippen LogP contribution in [0.15, 0.2) is 164 Å². The largest absolute Gasteiger partial charge is 0.309 e. The molecule has 0 fully saturated rings. The molecule has 8 aromatic rings. The van der Waals surface area contributed by atoms with Crippen molar-refractivity contribution in [3.63, 3.8) is 0 Å². The fraction of sp³-hybridized carbons (Fsp3) is 0.146. The Morgan fingerprint density at radius 3 is 1.82 bits per heavy atom. The van der Waals surface area contributed by atoms with Crippen LogP contribution in [0.3, 0.4) is 0 Å². The third-order valence-electron chi connectivity index (χ3n) is 11.3. The third kappa shape index (κ3) is 4.98. The van der Waals surface area contributed by atoms with E-state index in [-0.39, 0.29) is 5.54 Å². The number of hydrogen-bond acceptors (Lipinski definition) is 0. The number of aryl methyl sites for hydroxylation is 1. The van der Waals surface area contributed by atoms with E-state index in [0.29, 0.717) is 0 Å². The maximum atomic E-state index is 2.57. The Hall–Kier alpha value is -5.73. The van der Waals surface area contributed by atoms with Crippen LogP contribution in [0, 0.1) is 0 Å². The summed E-state index contributed by atoms with van der Waals surface area (Å²) in [5.74, 6) is 0. The van der Waals surface area contributed by atoms with Gasteiger partial charge in [-0.25, -0.2) is 0 Å². The summed E-state index contributed by atoms with van der Waals surface area (Å²) in [5, 5.41) is 2.55. The monoisotopic (exact) mass is 645 g/mol. The summed E-state index contributed by atoms with van der Waals surface area (Å²) in [6.45, 7) is 4.69. The second kappa shape index (κ2) is 12.3. The number of aromatic nitrogens is 2. The molecule has 0 atom stereocenters. The van der Waals surface area contributed by atoms with Gasteiger partial charge in [0.2, 0.25) is 5.69 Å². The number of nitrogens with zero attached hydrogens (tertiary/aromatic N) is 2. The molecule has 2 nitrogen and oxygen atoms in total. The van der Waals surface area contributed by atoms with Gasteiger partial charge in [0.25, 0.3) is 0 Å². The van der Waals surface area contributed by atoms with E-state index < -0.39 is 0 Å². The lowest BCUT2D eigenvalue weighted by molar-refractivity contribution is -0.757. The molecule has 1 aliphatic heterocycles. The van der Waals surface area contributed by atoms with Gasteiger partial charge in [0, 0.05) is 53.4 Å². The van der Waals surface area contributed by atoms with Gasteiger partial charge in [-0.05, 0) is 93.9 Å². The first kappa shape index (κ1) is 30.3. The molecule has 0 amide bonds. The standard InChI is InChI=1S/C48H41N2/c1-3-48(4-2)27-26-35-24-25-38(33-44(35)45-21-12-13-28-49(45)48)36-17-14-18-37(29-36)40-30-39(34-15-6-5-7-16-34)31-41(32-40)50-46-22-10-8-19-42(46)43-20-9-11-23-47(43)50/h5-25,28-33H,3-4,26-27H2,1-2H3/q+1. The van der Waals surface area contributed by atoms with Crippen molar-refractivity contribution < 1.29 is 4.57 Å². The molecule has 9 rings (SSSR count). The highest BCUT2D eigenvalue weighted by Gasteiger charge is 2.40. The van der Waals surface area contributed by atoms with Crippen molar-refractivity contribution in [3.05, 3.63) is 169 Å². The second-order valence-electron chi connectivity index (χ2n) is 13.8. The Bertz CT molecular complexity index is 2460. The molecule has 0 radical (unpaired) electrons. The predicted octanol–water partition coefficient (Wildman–Crippen LogP) is 12.2. The molecule has 0 aliphatic carbocycles. The lowest BCUT2D eigenvalue weighted by atomic mass is 9.86. The van der Waals surface area contributed by atoms with Crippen molar-refractivity contribution in [2.75, 3.05) is 0 Å². The van der Waals surface area contributed by atoms with E-state index in [1.165, 1.54) is 72.0 Å². The molecule has 0 N–H and O–H groups in total. The van der Waals surface area contributed by atoms with Gasteiger partial charge in [-0.15, -0.1) is 0 Å². The molecule has 3 heterocycles. The van der Waals surface area contributed by atoms with Gasteiger partial charge >= 0.3 is 0 Å². The molecule has 2 aromatic heterocycles. The van der Waals surface area contributed by atoms with E-state index >= 15 is 0 Å². The Kier molecular flexibility index (Phi) is 7.47. The van der Waals surface area contributed by atoms with Crippen LogP contribution < -0.4 is 4.57 Å². The minimum atomic E-state index is 0.146. The van der Waals surface area contributed by atoms with E-state index in [4.69, 9.17) is 0 Å². The average Bonchev–Trinajstić information content (AvgIpc) is 3.46. The van der Waals surface area contributed by atoms with Crippen molar-refractivity contribution in [3.8, 4) is 50.3 Å². The Balaban J connectivity index is 1.20. The highest BCUT2D eigenvalue weighted by Crippen LogP contribution is 2.39. The Morgan fingerprint density at radius 1 is 0.520 bits per heavy atom. The summed E-state index contributed by atoms with van der Waals surface area (Å²) in [6.07, 6.45) is 6.82. The van der Waals surface area contributed by atoms with E-state index in [1.807, 2.05) is 0 Å². The van der Waals surface area contributed by atoms with Crippen molar-refractivity contribution >= 4 is 21.8 Å². The number of rotatable bonds is 6. The van der Waals surface area contributed by atoms with E-state index in [1.54, 1.807) is 0 Å². The highest BCUT2D eigenvalue weighted by molar-refractivity contribution is 6.09. The minimum absolute atomic E-state index is 0.146. The number of pyridine rings is 1. The molecule has 0 bridgehead atoms. The summed E-state index contributed by atoms with van der Waals surface area (Å²) in [7, 11) is 0. The molecular formula is C48H41N2+. The van der Waals surface area contributed by atoms with Gasteiger partial charge in [0.15, 0.2) is 11.7 Å². The first-order valence-electron chi connectivity index (χ1n) is 18.1. The Morgan fingerprint density at radius 2 is 1.10 bits per heavy atom. The molecule has 0 unspecified atom stereocenters. The fourth-order valence-corrected chi connectivity index (χ4v) is 8.50. The van der Waals surface area contributed by atoms with Crippen LogP contribution in [-0.2, 0) is 12.0 Å². The molecule has 1 aliphatic rings.